The molecule has 1 atom stereocenters. The van der Waals surface area contributed by atoms with E-state index >= 15 is 0 Å². The molecule has 7 nitrogen and oxygen atoms in total. The van der Waals surface area contributed by atoms with Gasteiger partial charge in [-0.05, 0) is 66.4 Å². The molecule has 0 saturated heterocycles. The Labute approximate surface area is 288 Å². The molecule has 0 aliphatic heterocycles. The second-order valence-corrected chi connectivity index (χ2v) is 15.2. The van der Waals surface area contributed by atoms with Gasteiger partial charge in [0.05, 0.1) is 10.6 Å². The van der Waals surface area contributed by atoms with E-state index in [0.717, 1.165) is 52.0 Å². The molecule has 1 aliphatic carbocycles. The number of anilines is 1. The first-order valence-corrected chi connectivity index (χ1v) is 18.4. The minimum absolute atomic E-state index is 0.0407. The van der Waals surface area contributed by atoms with Crippen LogP contribution in [0.4, 0.5) is 5.69 Å². The van der Waals surface area contributed by atoms with Crippen molar-refractivity contribution >= 4 is 59.4 Å². The second kappa shape index (κ2) is 15.9. The first-order chi connectivity index (χ1) is 22.2. The van der Waals surface area contributed by atoms with Gasteiger partial charge in [0.25, 0.3) is 10.0 Å². The molecule has 1 aliphatic rings. The van der Waals surface area contributed by atoms with Gasteiger partial charge in [-0.2, -0.15) is 0 Å². The summed E-state index contributed by atoms with van der Waals surface area (Å²) in [5, 5.41) is 3.24. The first kappa shape index (κ1) is 33.9. The number of sulfonamides is 1. The van der Waals surface area contributed by atoms with E-state index in [1.807, 2.05) is 54.6 Å². The lowest BCUT2D eigenvalue weighted by molar-refractivity contribution is -0.140. The van der Waals surface area contributed by atoms with Gasteiger partial charge < -0.3 is 10.2 Å². The molecule has 5 rings (SSSR count). The Hall–Kier alpha value is -3.47. The molecule has 4 aromatic rings. The second-order valence-electron chi connectivity index (χ2n) is 11.5. The van der Waals surface area contributed by atoms with Crippen molar-refractivity contribution in [1.82, 2.24) is 10.2 Å². The number of carbonyl (C=O) groups is 2. The highest BCUT2D eigenvalue weighted by Crippen LogP contribution is 2.28. The maximum Gasteiger partial charge on any atom is 0.264 e. The molecule has 0 spiro atoms. The molecule has 1 unspecified atom stereocenters. The molecule has 0 heterocycles. The average molecular weight is 768 g/mol. The number of hydrogen-bond acceptors (Lipinski definition) is 4. The molecule has 46 heavy (non-hydrogen) atoms. The Bertz CT molecular complexity index is 1730. The Morgan fingerprint density at radius 2 is 1.37 bits per heavy atom. The number of hydrogen-bond donors (Lipinski definition) is 1. The predicted molar refractivity (Wildman–Crippen MR) is 189 cm³/mol. The van der Waals surface area contributed by atoms with Gasteiger partial charge in [-0.25, -0.2) is 8.42 Å². The Kier molecular flexibility index (Phi) is 11.7. The molecular formula is C36H37Br2N3O4S. The normalized spacial score (nSPS) is 14.3. The zero-order valence-electron chi connectivity index (χ0n) is 25.4. The fraction of sp³-hybridized carbons (Fsp3) is 0.278. The number of nitrogens with zero attached hydrogens (tertiary/aromatic N) is 2. The van der Waals surface area contributed by atoms with Crippen LogP contribution in [0.2, 0.25) is 0 Å². The summed E-state index contributed by atoms with van der Waals surface area (Å²) in [6, 6.07) is 31.3. The molecule has 2 amide bonds. The lowest BCUT2D eigenvalue weighted by atomic mass is 9.94. The minimum atomic E-state index is -4.15. The van der Waals surface area contributed by atoms with Gasteiger partial charge >= 0.3 is 0 Å². The maximum absolute atomic E-state index is 14.6. The third-order valence-electron chi connectivity index (χ3n) is 8.17. The lowest BCUT2D eigenvalue weighted by Crippen LogP contribution is -2.55. The standard InChI is InChI=1S/C36H37Br2N3O4S/c37-29-15-10-14-28(22-29)25-40(34(23-27-12-4-1-5-13-27)36(43)39-31-17-6-2-7-18-31)35(42)26-41(32-19-11-16-30(38)24-32)46(44,45)33-20-8-3-9-21-33/h1,3-5,8-16,19-22,24,31,34H,2,6-7,17-18,23,25-26H2,(H,39,43). The summed E-state index contributed by atoms with van der Waals surface area (Å²) >= 11 is 6.98. The highest BCUT2D eigenvalue weighted by molar-refractivity contribution is 9.10. The molecule has 1 saturated carbocycles. The molecule has 240 valence electrons. The van der Waals surface area contributed by atoms with E-state index in [1.165, 1.54) is 12.1 Å². The van der Waals surface area contributed by atoms with Crippen molar-refractivity contribution in [2.24, 2.45) is 0 Å². The maximum atomic E-state index is 14.6. The van der Waals surface area contributed by atoms with E-state index < -0.39 is 28.5 Å². The van der Waals surface area contributed by atoms with Crippen LogP contribution in [-0.2, 0) is 32.6 Å². The molecule has 0 radical (unpaired) electrons. The average Bonchev–Trinajstić information content (AvgIpc) is 3.06. The Balaban J connectivity index is 1.56. The number of halogens is 2. The summed E-state index contributed by atoms with van der Waals surface area (Å²) in [7, 11) is -4.15. The van der Waals surface area contributed by atoms with Crippen LogP contribution in [0.15, 0.2) is 123 Å². The molecular weight excluding hydrogens is 730 g/mol. The Morgan fingerprint density at radius 3 is 2.02 bits per heavy atom. The van der Waals surface area contributed by atoms with E-state index in [0.29, 0.717) is 10.2 Å². The third kappa shape index (κ3) is 8.86. The molecule has 1 N–H and O–H groups in total. The van der Waals surface area contributed by atoms with Crippen LogP contribution in [0.3, 0.4) is 0 Å². The topological polar surface area (TPSA) is 86.8 Å². The van der Waals surface area contributed by atoms with Crippen molar-refractivity contribution in [3.05, 3.63) is 129 Å². The van der Waals surface area contributed by atoms with Crippen molar-refractivity contribution in [2.45, 2.75) is 62.0 Å². The monoisotopic (exact) mass is 765 g/mol. The highest BCUT2D eigenvalue weighted by Gasteiger charge is 2.35. The quantitative estimate of drug-likeness (QED) is 0.162. The van der Waals surface area contributed by atoms with Crippen molar-refractivity contribution < 1.29 is 18.0 Å². The summed E-state index contributed by atoms with van der Waals surface area (Å²) in [4.78, 5) is 30.4. The minimum Gasteiger partial charge on any atom is -0.352 e. The van der Waals surface area contributed by atoms with Crippen molar-refractivity contribution in [3.63, 3.8) is 0 Å². The largest absolute Gasteiger partial charge is 0.352 e. The zero-order valence-corrected chi connectivity index (χ0v) is 29.4. The van der Waals surface area contributed by atoms with Crippen LogP contribution in [-0.4, -0.2) is 43.8 Å². The van der Waals surface area contributed by atoms with Crippen molar-refractivity contribution in [3.8, 4) is 0 Å². The Morgan fingerprint density at radius 1 is 0.761 bits per heavy atom. The number of carbonyl (C=O) groups excluding carboxylic acids is 2. The van der Waals surface area contributed by atoms with Crippen LogP contribution in [0.5, 0.6) is 0 Å². The number of benzene rings is 4. The van der Waals surface area contributed by atoms with E-state index in [4.69, 9.17) is 0 Å². The molecule has 10 heteroatoms. The van der Waals surface area contributed by atoms with Gasteiger partial charge in [0.1, 0.15) is 12.6 Å². The van der Waals surface area contributed by atoms with Gasteiger partial charge in [0, 0.05) is 28.0 Å². The third-order valence-corrected chi connectivity index (χ3v) is 10.9. The fourth-order valence-corrected chi connectivity index (χ4v) is 8.07. The predicted octanol–water partition coefficient (Wildman–Crippen LogP) is 7.50. The number of amides is 2. The zero-order chi connectivity index (χ0) is 32.5. The van der Waals surface area contributed by atoms with Gasteiger partial charge in [-0.15, -0.1) is 0 Å². The smallest absolute Gasteiger partial charge is 0.264 e. The first-order valence-electron chi connectivity index (χ1n) is 15.4. The van der Waals surface area contributed by atoms with Crippen molar-refractivity contribution in [2.75, 3.05) is 10.8 Å². The van der Waals surface area contributed by atoms with Crippen LogP contribution in [0.1, 0.15) is 43.2 Å². The fourth-order valence-electron chi connectivity index (χ4n) is 5.81. The van der Waals surface area contributed by atoms with E-state index in [2.05, 4.69) is 37.2 Å². The van der Waals surface area contributed by atoms with Crippen LogP contribution in [0, 0.1) is 0 Å². The summed E-state index contributed by atoms with van der Waals surface area (Å²) in [5.74, 6) is -0.724. The molecule has 4 aromatic carbocycles. The van der Waals surface area contributed by atoms with E-state index in [9.17, 15) is 18.0 Å². The van der Waals surface area contributed by atoms with Gasteiger partial charge in [-0.3, -0.25) is 13.9 Å². The van der Waals surface area contributed by atoms with E-state index in [1.54, 1.807) is 47.4 Å². The molecule has 0 bridgehead atoms. The van der Waals surface area contributed by atoms with Gasteiger partial charge in [-0.1, -0.05) is 118 Å². The SMILES string of the molecule is O=C(NC1CCCCC1)C(Cc1ccccc1)N(Cc1cccc(Br)c1)C(=O)CN(c1cccc(Br)c1)S(=O)(=O)c1ccccc1. The van der Waals surface area contributed by atoms with Crippen LogP contribution in [0.25, 0.3) is 0 Å². The van der Waals surface area contributed by atoms with Gasteiger partial charge in [0.15, 0.2) is 0 Å². The summed E-state index contributed by atoms with van der Waals surface area (Å²) < 4.78 is 30.9. The van der Waals surface area contributed by atoms with Crippen molar-refractivity contribution in [1.29, 1.82) is 0 Å². The molecule has 1 fully saturated rings. The van der Waals surface area contributed by atoms with Crippen LogP contribution >= 0.6 is 31.9 Å². The number of nitrogens with one attached hydrogen (secondary N) is 1. The molecule has 0 aromatic heterocycles. The van der Waals surface area contributed by atoms with Crippen LogP contribution < -0.4 is 9.62 Å². The summed E-state index contributed by atoms with van der Waals surface area (Å²) in [5.41, 5.74) is 2.05. The van der Waals surface area contributed by atoms with E-state index in [-0.39, 0.29) is 29.8 Å². The lowest BCUT2D eigenvalue weighted by Gasteiger charge is -2.35. The van der Waals surface area contributed by atoms with Gasteiger partial charge in [0.2, 0.25) is 11.8 Å². The number of rotatable bonds is 12. The highest BCUT2D eigenvalue weighted by atomic mass is 79.9. The summed E-state index contributed by atoms with van der Waals surface area (Å²) in [6.45, 7) is -0.380. The summed E-state index contributed by atoms with van der Waals surface area (Å²) in [6.07, 6.45) is 5.32.